The molecule has 0 radical (unpaired) electrons. The molecule has 0 aliphatic carbocycles. The minimum absolute atomic E-state index is 0.256. The Kier molecular flexibility index (Phi) is 5.54. The zero-order valence-electron chi connectivity index (χ0n) is 15.8. The van der Waals surface area contributed by atoms with Gasteiger partial charge in [-0.3, -0.25) is 14.7 Å². The molecule has 29 heavy (non-hydrogen) atoms. The Morgan fingerprint density at radius 1 is 1.10 bits per heavy atom. The summed E-state index contributed by atoms with van der Waals surface area (Å²) in [6, 6.07) is 12.8. The van der Waals surface area contributed by atoms with Crippen LogP contribution in [-0.2, 0) is 6.54 Å². The van der Waals surface area contributed by atoms with E-state index < -0.39 is 0 Å². The lowest BCUT2D eigenvalue weighted by Gasteiger charge is -2.20. The minimum Gasteiger partial charge on any atom is -0.279 e. The first-order valence-electron chi connectivity index (χ1n) is 8.96. The van der Waals surface area contributed by atoms with Crippen LogP contribution in [0.15, 0.2) is 54.9 Å². The number of hydrogen-bond donors (Lipinski definition) is 0. The molecule has 0 N–H and O–H groups in total. The van der Waals surface area contributed by atoms with Crippen LogP contribution < -0.4 is 4.90 Å². The lowest BCUT2D eigenvalue weighted by molar-refractivity contribution is 0.0985. The fourth-order valence-corrected chi connectivity index (χ4v) is 4.40. The molecular weight excluding hydrogens is 425 g/mol. The van der Waals surface area contributed by atoms with Gasteiger partial charge in [-0.25, -0.2) is 4.98 Å². The second-order valence-electron chi connectivity index (χ2n) is 6.78. The van der Waals surface area contributed by atoms with Crippen LogP contribution in [0.4, 0.5) is 5.13 Å². The van der Waals surface area contributed by atoms with Crippen LogP contribution >= 0.6 is 34.5 Å². The summed E-state index contributed by atoms with van der Waals surface area (Å²) >= 11 is 13.9. The molecule has 2 aromatic carbocycles. The maximum absolute atomic E-state index is 13.5. The quantitative estimate of drug-likeness (QED) is 0.364. The first kappa shape index (κ1) is 19.8. The van der Waals surface area contributed by atoms with E-state index in [4.69, 9.17) is 28.2 Å². The molecule has 2 heterocycles. The highest BCUT2D eigenvalue weighted by Crippen LogP contribution is 2.33. The van der Waals surface area contributed by atoms with Crippen LogP contribution in [0.3, 0.4) is 0 Å². The number of carbonyl (C=O) groups excluding carboxylic acids is 1. The molecule has 4 aromatic rings. The van der Waals surface area contributed by atoms with Crippen molar-refractivity contribution in [2.75, 3.05) is 4.90 Å². The molecule has 1 amide bonds. The number of halogens is 2. The second-order valence-corrected chi connectivity index (χ2v) is 8.63. The summed E-state index contributed by atoms with van der Waals surface area (Å²) in [5.41, 5.74) is 4.46. The van der Waals surface area contributed by atoms with E-state index in [2.05, 4.69) is 24.9 Å². The summed E-state index contributed by atoms with van der Waals surface area (Å²) < 4.78 is 1.03. The van der Waals surface area contributed by atoms with E-state index in [-0.39, 0.29) is 5.91 Å². The highest BCUT2D eigenvalue weighted by Gasteiger charge is 2.24. The molecular formula is C22H17Cl2N3OS. The summed E-state index contributed by atoms with van der Waals surface area (Å²) in [4.78, 5) is 24.0. The van der Waals surface area contributed by atoms with Crippen molar-refractivity contribution >= 4 is 55.8 Å². The smallest absolute Gasteiger partial charge is 0.261 e. The maximum Gasteiger partial charge on any atom is 0.261 e. The monoisotopic (exact) mass is 441 g/mol. The lowest BCUT2D eigenvalue weighted by Crippen LogP contribution is -2.30. The van der Waals surface area contributed by atoms with Gasteiger partial charge in [0, 0.05) is 17.4 Å². The van der Waals surface area contributed by atoms with Gasteiger partial charge >= 0.3 is 0 Å². The van der Waals surface area contributed by atoms with Gasteiger partial charge in [0.05, 0.1) is 27.3 Å². The third kappa shape index (κ3) is 4.13. The van der Waals surface area contributed by atoms with Gasteiger partial charge in [-0.05, 0) is 66.9 Å². The highest BCUT2D eigenvalue weighted by molar-refractivity contribution is 7.22. The second kappa shape index (κ2) is 8.11. The number of rotatable bonds is 4. The Labute approximate surface area is 182 Å². The topological polar surface area (TPSA) is 46.1 Å². The number of thiazole rings is 1. The molecule has 146 valence electrons. The van der Waals surface area contributed by atoms with Gasteiger partial charge in [-0.2, -0.15) is 0 Å². The molecule has 0 unspecified atom stereocenters. The molecule has 0 saturated heterocycles. The zero-order valence-corrected chi connectivity index (χ0v) is 18.1. The molecule has 0 atom stereocenters. The summed E-state index contributed by atoms with van der Waals surface area (Å²) in [7, 11) is 0. The molecule has 4 nitrogen and oxygen atoms in total. The van der Waals surface area contributed by atoms with E-state index in [1.54, 1.807) is 35.5 Å². The van der Waals surface area contributed by atoms with Crippen LogP contribution in [0.2, 0.25) is 10.0 Å². The van der Waals surface area contributed by atoms with E-state index in [1.807, 2.05) is 18.2 Å². The number of aryl methyl sites for hydroxylation is 2. The fraction of sp³-hybridized carbons (Fsp3) is 0.136. The minimum atomic E-state index is -0.256. The number of pyridine rings is 1. The molecule has 0 spiro atoms. The zero-order chi connectivity index (χ0) is 20.5. The van der Waals surface area contributed by atoms with Crippen LogP contribution in [0.25, 0.3) is 10.2 Å². The van der Waals surface area contributed by atoms with Crippen molar-refractivity contribution in [2.45, 2.75) is 20.4 Å². The molecule has 0 fully saturated rings. The van der Waals surface area contributed by atoms with Crippen molar-refractivity contribution in [3.8, 4) is 0 Å². The Morgan fingerprint density at radius 2 is 1.90 bits per heavy atom. The van der Waals surface area contributed by atoms with Crippen LogP contribution in [-0.4, -0.2) is 15.9 Å². The van der Waals surface area contributed by atoms with Gasteiger partial charge < -0.3 is 0 Å². The molecule has 0 aliphatic rings. The van der Waals surface area contributed by atoms with Gasteiger partial charge in [-0.15, -0.1) is 0 Å². The van der Waals surface area contributed by atoms with Gasteiger partial charge in [0.2, 0.25) is 0 Å². The Bertz CT molecular complexity index is 1170. The first-order valence-corrected chi connectivity index (χ1v) is 10.5. The summed E-state index contributed by atoms with van der Waals surface area (Å²) in [5, 5.41) is 1.41. The standard InChI is InChI=1S/C22H17Cl2N3OS/c1-13-8-19-20(9-14(13)2)29-22(26-19)27(12-15-4-3-7-25-11-15)21(28)17-10-16(23)5-6-18(17)24/h3-11H,12H2,1-2H3. The largest absolute Gasteiger partial charge is 0.279 e. The van der Waals surface area contributed by atoms with Gasteiger partial charge in [0.25, 0.3) is 5.91 Å². The average Bonchev–Trinajstić information content (AvgIpc) is 3.11. The number of carbonyl (C=O) groups is 1. The number of nitrogens with zero attached hydrogens (tertiary/aromatic N) is 3. The van der Waals surface area contributed by atoms with Crippen LogP contribution in [0.1, 0.15) is 27.0 Å². The molecule has 0 aliphatic heterocycles. The number of benzene rings is 2. The predicted molar refractivity (Wildman–Crippen MR) is 120 cm³/mol. The molecule has 2 aromatic heterocycles. The van der Waals surface area contributed by atoms with Crippen LogP contribution in [0, 0.1) is 13.8 Å². The third-order valence-electron chi connectivity index (χ3n) is 4.69. The molecule has 4 rings (SSSR count). The Hall–Kier alpha value is -2.47. The van der Waals surface area contributed by atoms with E-state index in [9.17, 15) is 4.79 Å². The summed E-state index contributed by atoms with van der Waals surface area (Å²) in [5.74, 6) is -0.256. The lowest BCUT2D eigenvalue weighted by atomic mass is 10.1. The maximum atomic E-state index is 13.5. The number of anilines is 1. The summed E-state index contributed by atoms with van der Waals surface area (Å²) in [6.45, 7) is 4.45. The van der Waals surface area contributed by atoms with Crippen molar-refractivity contribution in [3.63, 3.8) is 0 Å². The Balaban J connectivity index is 1.82. The van der Waals surface area contributed by atoms with Crippen molar-refractivity contribution < 1.29 is 4.79 Å². The van der Waals surface area contributed by atoms with Crippen molar-refractivity contribution in [1.82, 2.24) is 9.97 Å². The van der Waals surface area contributed by atoms with E-state index in [1.165, 1.54) is 16.9 Å². The highest BCUT2D eigenvalue weighted by atomic mass is 35.5. The predicted octanol–water partition coefficient (Wildman–Crippen LogP) is 6.46. The molecule has 0 bridgehead atoms. The van der Waals surface area contributed by atoms with Crippen molar-refractivity contribution in [2.24, 2.45) is 0 Å². The van der Waals surface area contributed by atoms with E-state index >= 15 is 0 Å². The third-order valence-corrected chi connectivity index (χ3v) is 6.30. The number of amides is 1. The first-order chi connectivity index (χ1) is 13.9. The average molecular weight is 442 g/mol. The summed E-state index contributed by atoms with van der Waals surface area (Å²) in [6.07, 6.45) is 3.44. The number of fused-ring (bicyclic) bond motifs is 1. The number of aromatic nitrogens is 2. The van der Waals surface area contributed by atoms with Gasteiger partial charge in [0.1, 0.15) is 0 Å². The van der Waals surface area contributed by atoms with E-state index in [0.29, 0.717) is 27.3 Å². The molecule has 7 heteroatoms. The SMILES string of the molecule is Cc1cc2nc(N(Cc3cccnc3)C(=O)c3cc(Cl)ccc3Cl)sc2cc1C. The van der Waals surface area contributed by atoms with Crippen LogP contribution in [0.5, 0.6) is 0 Å². The van der Waals surface area contributed by atoms with Gasteiger partial charge in [0.15, 0.2) is 5.13 Å². The van der Waals surface area contributed by atoms with Gasteiger partial charge in [-0.1, -0.05) is 40.6 Å². The fourth-order valence-electron chi connectivity index (χ4n) is 2.99. The number of hydrogen-bond acceptors (Lipinski definition) is 4. The van der Waals surface area contributed by atoms with Crippen molar-refractivity contribution in [1.29, 1.82) is 0 Å². The van der Waals surface area contributed by atoms with E-state index in [0.717, 1.165) is 21.3 Å². The molecule has 0 saturated carbocycles. The Morgan fingerprint density at radius 3 is 2.66 bits per heavy atom. The normalized spacial score (nSPS) is 11.0. The van der Waals surface area contributed by atoms with Crippen molar-refractivity contribution in [3.05, 3.63) is 87.2 Å².